The second kappa shape index (κ2) is 8.24. The number of aromatic nitrogens is 3. The zero-order valence-electron chi connectivity index (χ0n) is 15.2. The van der Waals surface area contributed by atoms with E-state index in [2.05, 4.69) is 10.2 Å². The normalized spacial score (nSPS) is 15.0. The average molecular weight is 414 g/mol. The molecule has 8 heteroatoms. The number of carbonyl (C=O) groups excluding carboxylic acids is 1. The Hall–Kier alpha value is -2.51. The molecule has 1 aliphatic rings. The van der Waals surface area contributed by atoms with Crippen LogP contribution in [0.4, 0.5) is 0 Å². The fourth-order valence-corrected chi connectivity index (χ4v) is 4.51. The highest BCUT2D eigenvalue weighted by Gasteiger charge is 2.30. The van der Waals surface area contributed by atoms with Crippen LogP contribution in [-0.4, -0.2) is 38.8 Å². The van der Waals surface area contributed by atoms with E-state index in [1.165, 1.54) is 16.4 Å². The molecule has 2 heterocycles. The van der Waals surface area contributed by atoms with E-state index in [1.54, 1.807) is 12.1 Å². The molecule has 1 fully saturated rings. The number of halogens is 1. The fourth-order valence-electron chi connectivity index (χ4n) is 3.28. The van der Waals surface area contributed by atoms with Crippen LogP contribution in [-0.2, 0) is 4.79 Å². The highest BCUT2D eigenvalue weighted by atomic mass is 35.5. The van der Waals surface area contributed by atoms with Gasteiger partial charge in [-0.25, -0.2) is 4.68 Å². The van der Waals surface area contributed by atoms with Gasteiger partial charge in [-0.3, -0.25) is 4.79 Å². The monoisotopic (exact) mass is 413 g/mol. The van der Waals surface area contributed by atoms with Crippen molar-refractivity contribution in [2.45, 2.75) is 23.2 Å². The number of nitrogens with zero attached hydrogens (tertiary/aromatic N) is 4. The highest BCUT2D eigenvalue weighted by Crippen LogP contribution is 2.37. The summed E-state index contributed by atoms with van der Waals surface area (Å²) in [5.74, 6) is 6.86. The Balaban J connectivity index is 1.65. The number of thioether (sulfide) groups is 1. The zero-order valence-corrected chi connectivity index (χ0v) is 16.7. The first kappa shape index (κ1) is 18.8. The van der Waals surface area contributed by atoms with Crippen LogP contribution in [0.25, 0.3) is 11.4 Å². The van der Waals surface area contributed by atoms with Crippen molar-refractivity contribution in [1.82, 2.24) is 19.8 Å². The summed E-state index contributed by atoms with van der Waals surface area (Å²) in [4.78, 5) is 15.1. The first-order valence-electron chi connectivity index (χ1n) is 9.10. The second-order valence-corrected chi connectivity index (χ2v) is 8.14. The van der Waals surface area contributed by atoms with Gasteiger partial charge in [-0.2, -0.15) is 0 Å². The number of rotatable bonds is 5. The first-order valence-corrected chi connectivity index (χ1v) is 10.4. The van der Waals surface area contributed by atoms with Crippen molar-refractivity contribution >= 4 is 29.3 Å². The summed E-state index contributed by atoms with van der Waals surface area (Å²) in [6.45, 7) is 1.59. The third-order valence-electron chi connectivity index (χ3n) is 4.71. The lowest BCUT2D eigenvalue weighted by Crippen LogP contribution is -2.31. The summed E-state index contributed by atoms with van der Waals surface area (Å²) in [5.41, 5.74) is 1.70. The molecule has 3 aromatic rings. The van der Waals surface area contributed by atoms with E-state index in [0.29, 0.717) is 16.0 Å². The lowest BCUT2D eigenvalue weighted by atomic mass is 10.1. The smallest absolute Gasteiger partial charge is 0.240 e. The fraction of sp³-hybridized carbons (Fsp3) is 0.250. The van der Waals surface area contributed by atoms with Gasteiger partial charge >= 0.3 is 0 Å². The SMILES string of the molecule is Nn1c(S[C@H](C(=O)N2CCCC2)c2ccccc2)nnc1-c1cccc(Cl)c1. The molecule has 6 nitrogen and oxygen atoms in total. The van der Waals surface area contributed by atoms with Crippen molar-refractivity contribution in [3.8, 4) is 11.4 Å². The molecule has 2 N–H and O–H groups in total. The molecule has 144 valence electrons. The largest absolute Gasteiger partial charge is 0.341 e. The predicted octanol–water partition coefficient (Wildman–Crippen LogP) is 3.77. The minimum atomic E-state index is -0.419. The Labute approximate surface area is 172 Å². The molecule has 4 rings (SSSR count). The van der Waals surface area contributed by atoms with Crippen LogP contribution in [0.1, 0.15) is 23.7 Å². The average Bonchev–Trinajstić information content (AvgIpc) is 3.37. The van der Waals surface area contributed by atoms with Crippen LogP contribution in [0.3, 0.4) is 0 Å². The van der Waals surface area contributed by atoms with Gasteiger partial charge in [-0.05, 0) is 30.5 Å². The van der Waals surface area contributed by atoms with E-state index < -0.39 is 5.25 Å². The van der Waals surface area contributed by atoms with Crippen LogP contribution in [0, 0.1) is 0 Å². The molecular formula is C20H20ClN5OS. The first-order chi connectivity index (χ1) is 13.6. The molecule has 0 unspecified atom stereocenters. The number of hydrogen-bond donors (Lipinski definition) is 1. The highest BCUT2D eigenvalue weighted by molar-refractivity contribution is 8.00. The van der Waals surface area contributed by atoms with Crippen molar-refractivity contribution in [2.24, 2.45) is 0 Å². The minimum absolute atomic E-state index is 0.0843. The quantitative estimate of drug-likeness (QED) is 0.509. The number of likely N-dealkylation sites (tertiary alicyclic amines) is 1. The lowest BCUT2D eigenvalue weighted by Gasteiger charge is -2.22. The predicted molar refractivity (Wildman–Crippen MR) is 111 cm³/mol. The van der Waals surface area contributed by atoms with Gasteiger partial charge in [0.05, 0.1) is 0 Å². The Kier molecular flexibility index (Phi) is 5.54. The van der Waals surface area contributed by atoms with Crippen molar-refractivity contribution in [3.05, 3.63) is 65.2 Å². The maximum absolute atomic E-state index is 13.2. The van der Waals surface area contributed by atoms with Crippen LogP contribution >= 0.6 is 23.4 Å². The maximum atomic E-state index is 13.2. The van der Waals surface area contributed by atoms with Crippen molar-refractivity contribution in [1.29, 1.82) is 0 Å². The van der Waals surface area contributed by atoms with Crippen molar-refractivity contribution in [3.63, 3.8) is 0 Å². The molecule has 1 aromatic heterocycles. The lowest BCUT2D eigenvalue weighted by molar-refractivity contribution is -0.129. The summed E-state index contributed by atoms with van der Waals surface area (Å²) in [6.07, 6.45) is 2.09. The van der Waals surface area contributed by atoms with Gasteiger partial charge in [0.1, 0.15) is 5.25 Å². The van der Waals surface area contributed by atoms with Gasteiger partial charge in [0.25, 0.3) is 0 Å². The Bertz CT molecular complexity index is 972. The van der Waals surface area contributed by atoms with Crippen LogP contribution in [0.5, 0.6) is 0 Å². The number of nitrogens with two attached hydrogens (primary N) is 1. The zero-order chi connectivity index (χ0) is 19.5. The Morgan fingerprint density at radius 3 is 2.54 bits per heavy atom. The van der Waals surface area contributed by atoms with Gasteiger partial charge in [0.2, 0.25) is 11.1 Å². The number of amides is 1. The minimum Gasteiger partial charge on any atom is -0.341 e. The molecule has 1 saturated heterocycles. The van der Waals surface area contributed by atoms with Crippen LogP contribution < -0.4 is 5.84 Å². The molecule has 2 aromatic carbocycles. The molecule has 0 bridgehead atoms. The molecule has 1 aliphatic heterocycles. The van der Waals surface area contributed by atoms with E-state index in [-0.39, 0.29) is 5.91 Å². The van der Waals surface area contributed by atoms with Crippen molar-refractivity contribution < 1.29 is 4.79 Å². The molecule has 0 saturated carbocycles. The van der Waals surface area contributed by atoms with E-state index in [0.717, 1.165) is 37.1 Å². The summed E-state index contributed by atoms with van der Waals surface area (Å²) >= 11 is 7.40. The van der Waals surface area contributed by atoms with Gasteiger partial charge in [-0.15, -0.1) is 10.2 Å². The Morgan fingerprint density at radius 1 is 1.07 bits per heavy atom. The van der Waals surface area contributed by atoms with E-state index in [9.17, 15) is 4.79 Å². The molecule has 0 radical (unpaired) electrons. The van der Waals surface area contributed by atoms with Crippen molar-refractivity contribution in [2.75, 3.05) is 18.9 Å². The van der Waals surface area contributed by atoms with Gasteiger partial charge < -0.3 is 10.7 Å². The van der Waals surface area contributed by atoms with Gasteiger partial charge in [0, 0.05) is 23.7 Å². The van der Waals surface area contributed by atoms with E-state index >= 15 is 0 Å². The topological polar surface area (TPSA) is 77.0 Å². The molecular weight excluding hydrogens is 394 g/mol. The second-order valence-electron chi connectivity index (χ2n) is 6.63. The van der Waals surface area contributed by atoms with E-state index in [1.807, 2.05) is 47.4 Å². The summed E-state index contributed by atoms with van der Waals surface area (Å²) in [6, 6.07) is 17.0. The number of nitrogen functional groups attached to an aromatic ring is 1. The molecule has 28 heavy (non-hydrogen) atoms. The van der Waals surface area contributed by atoms with Gasteiger partial charge in [0.15, 0.2) is 5.82 Å². The van der Waals surface area contributed by atoms with Crippen LogP contribution in [0.2, 0.25) is 5.02 Å². The third-order valence-corrected chi connectivity index (χ3v) is 6.15. The number of carbonyl (C=O) groups is 1. The summed E-state index contributed by atoms with van der Waals surface area (Å²) in [5, 5.41) is 9.11. The standard InChI is InChI=1S/C20H20ClN5OS/c21-16-10-6-9-15(13-16)18-23-24-20(26(18)22)28-17(14-7-2-1-3-8-14)19(27)25-11-4-5-12-25/h1-3,6-10,13,17H,4-5,11-12,22H2/t17-/m0/s1. The molecule has 1 amide bonds. The molecule has 0 spiro atoms. The van der Waals surface area contributed by atoms with Crippen LogP contribution in [0.15, 0.2) is 59.8 Å². The molecule has 1 atom stereocenters. The number of hydrogen-bond acceptors (Lipinski definition) is 5. The third kappa shape index (κ3) is 3.86. The number of benzene rings is 2. The summed E-state index contributed by atoms with van der Waals surface area (Å²) in [7, 11) is 0. The summed E-state index contributed by atoms with van der Waals surface area (Å²) < 4.78 is 1.42. The Morgan fingerprint density at radius 2 is 1.82 bits per heavy atom. The van der Waals surface area contributed by atoms with E-state index in [4.69, 9.17) is 17.4 Å². The molecule has 0 aliphatic carbocycles. The van der Waals surface area contributed by atoms with Gasteiger partial charge in [-0.1, -0.05) is 65.8 Å². The maximum Gasteiger partial charge on any atom is 0.240 e.